The maximum atomic E-state index is 13.3. The van der Waals surface area contributed by atoms with Gasteiger partial charge in [-0.05, 0) is 28.8 Å². The molecule has 1 aliphatic rings. The molecule has 0 radical (unpaired) electrons. The summed E-state index contributed by atoms with van der Waals surface area (Å²) in [5.74, 6) is 0.00626. The number of carbonyl (C=O) groups is 1. The van der Waals surface area contributed by atoms with Gasteiger partial charge in [-0.25, -0.2) is 0 Å². The van der Waals surface area contributed by atoms with Gasteiger partial charge in [-0.2, -0.15) is 5.10 Å². The summed E-state index contributed by atoms with van der Waals surface area (Å²) in [5, 5.41) is 11.5. The quantitative estimate of drug-likeness (QED) is 0.648. The van der Waals surface area contributed by atoms with E-state index in [0.29, 0.717) is 11.6 Å². The Morgan fingerprint density at radius 2 is 1.93 bits per heavy atom. The lowest BCUT2D eigenvalue weighted by Gasteiger charge is -2.24. The molecule has 2 N–H and O–H groups in total. The average molecular weight is 431 g/mol. The third kappa shape index (κ3) is 4.81. The lowest BCUT2D eigenvalue weighted by Crippen LogP contribution is -2.37. The molecule has 0 saturated carbocycles. The van der Waals surface area contributed by atoms with E-state index in [2.05, 4.69) is 15.7 Å². The highest BCUT2D eigenvalue weighted by Gasteiger charge is 2.35. The standard InChI is InChI=1S/C22H23ClN4O.ClH/c1-27-14-17(11-25-27)19-12-24-13-20(19)22(28)26-21(15-6-3-2-4-7-15)16-8-5-9-18(23)10-16;/h2-11,14,19-21,24H,12-13H2,1H3,(H,26,28);1H/t19-,20+,21?;/m1./s1. The van der Waals surface area contributed by atoms with Crippen molar-refractivity contribution in [3.05, 3.63) is 88.7 Å². The minimum atomic E-state index is -0.248. The first kappa shape index (κ1) is 21.4. The van der Waals surface area contributed by atoms with E-state index < -0.39 is 0 Å². The predicted octanol–water partition coefficient (Wildman–Crippen LogP) is 3.70. The van der Waals surface area contributed by atoms with Crippen LogP contribution in [0.5, 0.6) is 0 Å². The third-order valence-corrected chi connectivity index (χ3v) is 5.54. The van der Waals surface area contributed by atoms with Crippen LogP contribution in [0.3, 0.4) is 0 Å². The second-order valence-corrected chi connectivity index (χ2v) is 7.66. The molecule has 0 bridgehead atoms. The first-order valence-electron chi connectivity index (χ1n) is 9.42. The number of hydrogen-bond acceptors (Lipinski definition) is 3. The van der Waals surface area contributed by atoms with Gasteiger partial charge in [0, 0.05) is 37.3 Å². The van der Waals surface area contributed by atoms with E-state index in [1.54, 1.807) is 4.68 Å². The summed E-state index contributed by atoms with van der Waals surface area (Å²) in [7, 11) is 1.89. The molecular formula is C22H24Cl2N4O. The van der Waals surface area contributed by atoms with E-state index in [1.165, 1.54) is 0 Å². The highest BCUT2D eigenvalue weighted by Crippen LogP contribution is 2.30. The zero-order valence-corrected chi connectivity index (χ0v) is 17.7. The number of aryl methyl sites for hydroxylation is 1. The SMILES string of the molecule is Cl.Cn1cc([C@H]2CNC[C@@H]2C(=O)NC(c2ccccc2)c2cccc(Cl)c2)cn1. The van der Waals surface area contributed by atoms with E-state index in [-0.39, 0.29) is 36.2 Å². The third-order valence-electron chi connectivity index (χ3n) is 5.31. The van der Waals surface area contributed by atoms with Crippen molar-refractivity contribution in [1.29, 1.82) is 0 Å². The van der Waals surface area contributed by atoms with Gasteiger partial charge in [0.05, 0.1) is 18.2 Å². The van der Waals surface area contributed by atoms with Crippen molar-refractivity contribution in [3.8, 4) is 0 Å². The van der Waals surface area contributed by atoms with Crippen LogP contribution in [-0.4, -0.2) is 28.8 Å². The molecule has 4 rings (SSSR count). The summed E-state index contributed by atoms with van der Waals surface area (Å²) in [5.41, 5.74) is 3.09. The van der Waals surface area contributed by atoms with Crippen molar-refractivity contribution >= 4 is 29.9 Å². The molecule has 3 atom stereocenters. The van der Waals surface area contributed by atoms with Gasteiger partial charge in [0.1, 0.15) is 0 Å². The molecular weight excluding hydrogens is 407 g/mol. The van der Waals surface area contributed by atoms with Crippen LogP contribution >= 0.6 is 24.0 Å². The van der Waals surface area contributed by atoms with Crippen LogP contribution in [0.25, 0.3) is 0 Å². The van der Waals surface area contributed by atoms with Crippen LogP contribution in [0.4, 0.5) is 0 Å². The van der Waals surface area contributed by atoms with Crippen molar-refractivity contribution in [3.63, 3.8) is 0 Å². The number of carbonyl (C=O) groups excluding carboxylic acids is 1. The number of amides is 1. The van der Waals surface area contributed by atoms with Crippen molar-refractivity contribution in [1.82, 2.24) is 20.4 Å². The molecule has 0 spiro atoms. The lowest BCUT2D eigenvalue weighted by atomic mass is 9.89. The van der Waals surface area contributed by atoms with Crippen LogP contribution in [0.15, 0.2) is 67.0 Å². The minimum Gasteiger partial charge on any atom is -0.345 e. The fraction of sp³-hybridized carbons (Fsp3) is 0.273. The Bertz CT molecular complexity index is 960. The Hall–Kier alpha value is -2.34. The topological polar surface area (TPSA) is 59.0 Å². The van der Waals surface area contributed by atoms with E-state index in [0.717, 1.165) is 23.2 Å². The fourth-order valence-electron chi connectivity index (χ4n) is 3.88. The second-order valence-electron chi connectivity index (χ2n) is 7.23. The molecule has 1 saturated heterocycles. The number of nitrogens with one attached hydrogen (secondary N) is 2. The van der Waals surface area contributed by atoms with Gasteiger partial charge in [0.25, 0.3) is 0 Å². The maximum Gasteiger partial charge on any atom is 0.225 e. The Morgan fingerprint density at radius 1 is 1.17 bits per heavy atom. The highest BCUT2D eigenvalue weighted by molar-refractivity contribution is 6.30. The molecule has 1 aliphatic heterocycles. The summed E-state index contributed by atoms with van der Waals surface area (Å²) >= 11 is 6.21. The van der Waals surface area contributed by atoms with Crippen LogP contribution < -0.4 is 10.6 Å². The van der Waals surface area contributed by atoms with Gasteiger partial charge in [-0.15, -0.1) is 12.4 Å². The molecule has 1 fully saturated rings. The highest BCUT2D eigenvalue weighted by atomic mass is 35.5. The van der Waals surface area contributed by atoms with Crippen LogP contribution in [0, 0.1) is 5.92 Å². The smallest absolute Gasteiger partial charge is 0.225 e. The zero-order chi connectivity index (χ0) is 19.5. The van der Waals surface area contributed by atoms with E-state index in [4.69, 9.17) is 11.6 Å². The van der Waals surface area contributed by atoms with Crippen molar-refractivity contribution in [2.24, 2.45) is 13.0 Å². The van der Waals surface area contributed by atoms with Crippen molar-refractivity contribution in [2.45, 2.75) is 12.0 Å². The average Bonchev–Trinajstić information content (AvgIpc) is 3.35. The number of rotatable bonds is 5. The number of halogens is 2. The van der Waals surface area contributed by atoms with E-state index >= 15 is 0 Å². The fourth-order valence-corrected chi connectivity index (χ4v) is 4.07. The summed E-state index contributed by atoms with van der Waals surface area (Å²) < 4.78 is 1.78. The molecule has 1 aromatic heterocycles. The van der Waals surface area contributed by atoms with Crippen molar-refractivity contribution < 1.29 is 4.79 Å². The Kier molecular flexibility index (Phi) is 6.96. The second kappa shape index (κ2) is 9.44. The number of benzene rings is 2. The Balaban J connectivity index is 0.00000240. The summed E-state index contributed by atoms with van der Waals surface area (Å²) in [4.78, 5) is 13.3. The van der Waals surface area contributed by atoms with Crippen LogP contribution in [-0.2, 0) is 11.8 Å². The molecule has 2 aromatic carbocycles. The summed E-state index contributed by atoms with van der Waals surface area (Å²) in [6, 6.07) is 17.4. The zero-order valence-electron chi connectivity index (χ0n) is 16.1. The molecule has 1 amide bonds. The largest absolute Gasteiger partial charge is 0.345 e. The van der Waals surface area contributed by atoms with Gasteiger partial charge in [0.2, 0.25) is 5.91 Å². The number of aromatic nitrogens is 2. The van der Waals surface area contributed by atoms with Gasteiger partial charge in [-0.1, -0.05) is 54.1 Å². The van der Waals surface area contributed by atoms with Crippen LogP contribution in [0.1, 0.15) is 28.7 Å². The first-order chi connectivity index (χ1) is 13.6. The van der Waals surface area contributed by atoms with E-state index in [9.17, 15) is 4.79 Å². The van der Waals surface area contributed by atoms with Crippen molar-refractivity contribution in [2.75, 3.05) is 13.1 Å². The molecule has 7 heteroatoms. The molecule has 5 nitrogen and oxygen atoms in total. The molecule has 1 unspecified atom stereocenters. The Morgan fingerprint density at radius 3 is 2.62 bits per heavy atom. The predicted molar refractivity (Wildman–Crippen MR) is 117 cm³/mol. The summed E-state index contributed by atoms with van der Waals surface area (Å²) in [6.07, 6.45) is 3.84. The molecule has 0 aliphatic carbocycles. The number of hydrogen-bond donors (Lipinski definition) is 2. The summed E-state index contributed by atoms with van der Waals surface area (Å²) in [6.45, 7) is 1.43. The first-order valence-corrected chi connectivity index (χ1v) is 9.79. The molecule has 152 valence electrons. The van der Waals surface area contributed by atoms with Gasteiger partial charge in [-0.3, -0.25) is 9.48 Å². The van der Waals surface area contributed by atoms with Crippen LogP contribution in [0.2, 0.25) is 5.02 Å². The molecule has 3 aromatic rings. The van der Waals surface area contributed by atoms with E-state index in [1.807, 2.05) is 74.0 Å². The number of nitrogens with zero attached hydrogens (tertiary/aromatic N) is 2. The molecule has 2 heterocycles. The lowest BCUT2D eigenvalue weighted by molar-refractivity contribution is -0.125. The Labute approximate surface area is 181 Å². The maximum absolute atomic E-state index is 13.3. The molecule has 29 heavy (non-hydrogen) atoms. The minimum absolute atomic E-state index is 0. The van der Waals surface area contributed by atoms with Gasteiger partial charge >= 0.3 is 0 Å². The normalized spacial score (nSPS) is 19.4. The van der Waals surface area contributed by atoms with Gasteiger partial charge in [0.15, 0.2) is 0 Å². The van der Waals surface area contributed by atoms with Gasteiger partial charge < -0.3 is 10.6 Å². The monoisotopic (exact) mass is 430 g/mol.